The van der Waals surface area contributed by atoms with Gasteiger partial charge in [-0.05, 0) is 25.1 Å². The molecule has 1 fully saturated rings. The molecule has 4 nitrogen and oxygen atoms in total. The highest BCUT2D eigenvalue weighted by Gasteiger charge is 2.18. The first-order valence-corrected chi connectivity index (χ1v) is 5.98. The van der Waals surface area contributed by atoms with Gasteiger partial charge in [-0.15, -0.1) is 10.2 Å². The normalized spacial score (nSPS) is 21.2. The highest BCUT2D eigenvalue weighted by atomic mass is 32.2. The summed E-state index contributed by atoms with van der Waals surface area (Å²) in [5, 5.41) is 13.3. The molecule has 1 aliphatic rings. The molecule has 1 N–H and O–H groups in total. The average molecular weight is 220 g/mol. The fourth-order valence-electron chi connectivity index (χ4n) is 1.78. The van der Waals surface area contributed by atoms with Crippen LogP contribution in [0.15, 0.2) is 29.6 Å². The van der Waals surface area contributed by atoms with E-state index in [2.05, 4.69) is 15.5 Å². The largest absolute Gasteiger partial charge is 0.316 e. The zero-order chi connectivity index (χ0) is 10.1. The first kappa shape index (κ1) is 9.18. The molecule has 2 aromatic heterocycles. The van der Waals surface area contributed by atoms with Crippen LogP contribution in [0.2, 0.25) is 0 Å². The average Bonchev–Trinajstić information content (AvgIpc) is 2.89. The van der Waals surface area contributed by atoms with E-state index in [1.165, 1.54) is 6.42 Å². The number of rotatable bonds is 2. The summed E-state index contributed by atoms with van der Waals surface area (Å²) in [6.45, 7) is 2.20. The lowest BCUT2D eigenvalue weighted by molar-refractivity contribution is 0.856. The topological polar surface area (TPSA) is 42.2 Å². The van der Waals surface area contributed by atoms with Gasteiger partial charge < -0.3 is 5.32 Å². The van der Waals surface area contributed by atoms with Crippen LogP contribution >= 0.6 is 11.8 Å². The summed E-state index contributed by atoms with van der Waals surface area (Å²) in [4.78, 5) is 0. The number of thioether (sulfide) groups is 1. The van der Waals surface area contributed by atoms with Crippen molar-refractivity contribution in [1.29, 1.82) is 0 Å². The van der Waals surface area contributed by atoms with Crippen LogP contribution in [0, 0.1) is 0 Å². The van der Waals surface area contributed by atoms with E-state index in [0.29, 0.717) is 5.25 Å². The van der Waals surface area contributed by atoms with Gasteiger partial charge in [-0.25, -0.2) is 0 Å². The molecule has 0 aliphatic carbocycles. The molecule has 0 spiro atoms. The Morgan fingerprint density at radius 2 is 2.40 bits per heavy atom. The van der Waals surface area contributed by atoms with Gasteiger partial charge in [-0.1, -0.05) is 17.8 Å². The summed E-state index contributed by atoms with van der Waals surface area (Å²) in [5.74, 6) is 0. The van der Waals surface area contributed by atoms with E-state index in [1.54, 1.807) is 0 Å². The number of fused-ring (bicyclic) bond motifs is 1. The number of nitrogens with one attached hydrogen (secondary N) is 1. The second-order valence-electron chi connectivity index (χ2n) is 3.64. The van der Waals surface area contributed by atoms with Gasteiger partial charge >= 0.3 is 0 Å². The lowest BCUT2D eigenvalue weighted by Gasteiger charge is -2.05. The minimum absolute atomic E-state index is 0.637. The van der Waals surface area contributed by atoms with Crippen LogP contribution in [0.5, 0.6) is 0 Å². The zero-order valence-electron chi connectivity index (χ0n) is 8.26. The molecule has 3 rings (SSSR count). The van der Waals surface area contributed by atoms with Crippen LogP contribution in [-0.4, -0.2) is 32.9 Å². The maximum Gasteiger partial charge on any atom is 0.195 e. The van der Waals surface area contributed by atoms with Gasteiger partial charge in [-0.3, -0.25) is 4.40 Å². The second-order valence-corrected chi connectivity index (χ2v) is 4.91. The summed E-state index contributed by atoms with van der Waals surface area (Å²) in [6.07, 6.45) is 3.23. The molecule has 5 heteroatoms. The van der Waals surface area contributed by atoms with Crippen LogP contribution in [0.1, 0.15) is 6.42 Å². The van der Waals surface area contributed by atoms with E-state index in [1.807, 2.05) is 40.6 Å². The van der Waals surface area contributed by atoms with Crippen molar-refractivity contribution in [3.8, 4) is 0 Å². The molecular formula is C10H12N4S. The standard InChI is InChI=1S/C10H12N4S/c1-2-6-14-9(3-1)12-13-10(14)15-8-4-5-11-7-8/h1-3,6,8,11H,4-5,7H2. The van der Waals surface area contributed by atoms with E-state index in [9.17, 15) is 0 Å². The number of hydrogen-bond donors (Lipinski definition) is 1. The SMILES string of the molecule is c1ccn2c(SC3CCNC3)nnc2c1. The van der Waals surface area contributed by atoms with Crippen LogP contribution in [-0.2, 0) is 0 Å². The lowest BCUT2D eigenvalue weighted by atomic mass is 10.4. The Hall–Kier alpha value is -1.07. The van der Waals surface area contributed by atoms with Crippen molar-refractivity contribution in [2.75, 3.05) is 13.1 Å². The Balaban J connectivity index is 1.90. The quantitative estimate of drug-likeness (QED) is 0.825. The van der Waals surface area contributed by atoms with Crippen molar-refractivity contribution < 1.29 is 0 Å². The highest BCUT2D eigenvalue weighted by molar-refractivity contribution is 7.99. The monoisotopic (exact) mass is 220 g/mol. The van der Waals surface area contributed by atoms with Gasteiger partial charge in [0.05, 0.1) is 0 Å². The summed E-state index contributed by atoms with van der Waals surface area (Å²) in [6, 6.07) is 5.97. The third-order valence-corrected chi connectivity index (χ3v) is 3.79. The molecule has 0 saturated carbocycles. The Morgan fingerprint density at radius 1 is 1.40 bits per heavy atom. The molecule has 1 atom stereocenters. The molecule has 0 aromatic carbocycles. The Bertz CT molecular complexity index is 461. The predicted molar refractivity (Wildman–Crippen MR) is 60.1 cm³/mol. The molecule has 2 aromatic rings. The zero-order valence-corrected chi connectivity index (χ0v) is 9.07. The molecule has 1 saturated heterocycles. The molecule has 0 amide bonds. The number of hydrogen-bond acceptors (Lipinski definition) is 4. The molecule has 0 radical (unpaired) electrons. The van der Waals surface area contributed by atoms with Gasteiger partial charge in [0.2, 0.25) is 0 Å². The first-order valence-electron chi connectivity index (χ1n) is 5.10. The maximum absolute atomic E-state index is 4.21. The van der Waals surface area contributed by atoms with E-state index in [4.69, 9.17) is 0 Å². The van der Waals surface area contributed by atoms with E-state index in [0.717, 1.165) is 23.9 Å². The van der Waals surface area contributed by atoms with Crippen molar-refractivity contribution >= 4 is 17.4 Å². The van der Waals surface area contributed by atoms with Crippen molar-refractivity contribution in [3.63, 3.8) is 0 Å². The third kappa shape index (κ3) is 1.72. The van der Waals surface area contributed by atoms with Crippen LogP contribution < -0.4 is 5.32 Å². The molecule has 1 aliphatic heterocycles. The fraction of sp³-hybridized carbons (Fsp3) is 0.400. The van der Waals surface area contributed by atoms with Crippen LogP contribution in [0.3, 0.4) is 0 Å². The highest BCUT2D eigenvalue weighted by Crippen LogP contribution is 2.25. The molecular weight excluding hydrogens is 208 g/mol. The summed E-state index contributed by atoms with van der Waals surface area (Å²) in [5.41, 5.74) is 0.922. The van der Waals surface area contributed by atoms with E-state index < -0.39 is 0 Å². The number of aromatic nitrogens is 3. The van der Waals surface area contributed by atoms with Crippen molar-refractivity contribution in [1.82, 2.24) is 19.9 Å². The Morgan fingerprint density at radius 3 is 3.27 bits per heavy atom. The fourth-order valence-corrected chi connectivity index (χ4v) is 2.87. The Kier molecular flexibility index (Phi) is 2.34. The van der Waals surface area contributed by atoms with Gasteiger partial charge in [-0.2, -0.15) is 0 Å². The van der Waals surface area contributed by atoms with E-state index in [-0.39, 0.29) is 0 Å². The minimum Gasteiger partial charge on any atom is -0.316 e. The second kappa shape index (κ2) is 3.83. The van der Waals surface area contributed by atoms with E-state index >= 15 is 0 Å². The third-order valence-electron chi connectivity index (χ3n) is 2.57. The molecule has 1 unspecified atom stereocenters. The molecule has 78 valence electrons. The molecule has 3 heterocycles. The summed E-state index contributed by atoms with van der Waals surface area (Å²) < 4.78 is 2.04. The van der Waals surface area contributed by atoms with Gasteiger partial charge in [0.1, 0.15) is 0 Å². The molecule has 15 heavy (non-hydrogen) atoms. The lowest BCUT2D eigenvalue weighted by Crippen LogP contribution is -2.10. The van der Waals surface area contributed by atoms with Crippen LogP contribution in [0.25, 0.3) is 5.65 Å². The summed E-state index contributed by atoms with van der Waals surface area (Å²) >= 11 is 1.81. The van der Waals surface area contributed by atoms with Crippen LogP contribution in [0.4, 0.5) is 0 Å². The predicted octanol–water partition coefficient (Wildman–Crippen LogP) is 1.18. The van der Waals surface area contributed by atoms with Crippen molar-refractivity contribution in [2.24, 2.45) is 0 Å². The number of pyridine rings is 1. The molecule has 0 bridgehead atoms. The summed E-state index contributed by atoms with van der Waals surface area (Å²) in [7, 11) is 0. The minimum atomic E-state index is 0.637. The van der Waals surface area contributed by atoms with Gasteiger partial charge in [0.15, 0.2) is 10.8 Å². The van der Waals surface area contributed by atoms with Crippen molar-refractivity contribution in [2.45, 2.75) is 16.8 Å². The first-order chi connectivity index (χ1) is 7.43. The maximum atomic E-state index is 4.21. The van der Waals surface area contributed by atoms with Gasteiger partial charge in [0, 0.05) is 18.0 Å². The number of nitrogens with zero attached hydrogens (tertiary/aromatic N) is 3. The smallest absolute Gasteiger partial charge is 0.195 e. The Labute approximate surface area is 92.1 Å². The van der Waals surface area contributed by atoms with Gasteiger partial charge in [0.25, 0.3) is 0 Å². The van der Waals surface area contributed by atoms with Crippen molar-refractivity contribution in [3.05, 3.63) is 24.4 Å².